The minimum atomic E-state index is -0.452. The number of imide groups is 1. The lowest BCUT2D eigenvalue weighted by atomic mass is 10.0. The fourth-order valence-electron chi connectivity index (χ4n) is 3.28. The van der Waals surface area contributed by atoms with Gasteiger partial charge in [-0.05, 0) is 48.4 Å². The van der Waals surface area contributed by atoms with Crippen LogP contribution in [0.3, 0.4) is 0 Å². The number of fused-ring (bicyclic) bond motifs is 2. The molecule has 138 valence electrons. The molecule has 1 atom stereocenters. The fraction of sp³-hybridized carbons (Fsp3) is 0.211. The van der Waals surface area contributed by atoms with Crippen LogP contribution in [0.25, 0.3) is 0 Å². The summed E-state index contributed by atoms with van der Waals surface area (Å²) in [4.78, 5) is 38.4. The molecule has 4 rings (SSSR count). The first kappa shape index (κ1) is 17.5. The maximum Gasteiger partial charge on any atom is 0.319 e. The Labute approximate surface area is 159 Å². The van der Waals surface area contributed by atoms with Crippen molar-refractivity contribution in [2.45, 2.75) is 17.4 Å². The second-order valence-electron chi connectivity index (χ2n) is 6.40. The SMILES string of the molecule is CN1C(=O)c2ccc(NC(=O)N[C@@H]3CCSc4ccc(F)cc43)cc2C1=O. The Morgan fingerprint density at radius 1 is 1.15 bits per heavy atom. The Bertz CT molecular complexity index is 979. The van der Waals surface area contributed by atoms with Gasteiger partial charge in [0.05, 0.1) is 17.2 Å². The van der Waals surface area contributed by atoms with Crippen molar-refractivity contribution in [1.29, 1.82) is 0 Å². The number of amides is 4. The van der Waals surface area contributed by atoms with Gasteiger partial charge < -0.3 is 10.6 Å². The molecule has 2 heterocycles. The first-order valence-corrected chi connectivity index (χ1v) is 9.39. The van der Waals surface area contributed by atoms with Crippen molar-refractivity contribution in [3.05, 3.63) is 58.9 Å². The van der Waals surface area contributed by atoms with E-state index < -0.39 is 11.9 Å². The molecule has 0 aromatic heterocycles. The fourth-order valence-corrected chi connectivity index (χ4v) is 4.39. The number of hydrogen-bond acceptors (Lipinski definition) is 4. The first-order chi connectivity index (χ1) is 12.9. The van der Waals surface area contributed by atoms with Gasteiger partial charge in [-0.2, -0.15) is 0 Å². The topological polar surface area (TPSA) is 78.5 Å². The van der Waals surface area contributed by atoms with Crippen molar-refractivity contribution < 1.29 is 18.8 Å². The highest BCUT2D eigenvalue weighted by Gasteiger charge is 2.33. The lowest BCUT2D eigenvalue weighted by molar-refractivity contribution is 0.0693. The average molecular weight is 385 g/mol. The van der Waals surface area contributed by atoms with E-state index >= 15 is 0 Å². The van der Waals surface area contributed by atoms with Crippen molar-refractivity contribution >= 4 is 35.3 Å². The molecule has 0 saturated carbocycles. The molecule has 6 nitrogen and oxygen atoms in total. The van der Waals surface area contributed by atoms with E-state index in [0.29, 0.717) is 17.7 Å². The van der Waals surface area contributed by atoms with Crippen molar-refractivity contribution in [3.63, 3.8) is 0 Å². The van der Waals surface area contributed by atoms with Crippen LogP contribution in [0.1, 0.15) is 38.7 Å². The van der Waals surface area contributed by atoms with E-state index in [0.717, 1.165) is 21.1 Å². The van der Waals surface area contributed by atoms with Crippen molar-refractivity contribution in [2.24, 2.45) is 0 Å². The lowest BCUT2D eigenvalue weighted by Crippen LogP contribution is -2.34. The van der Waals surface area contributed by atoms with Crippen LogP contribution in [0, 0.1) is 5.82 Å². The highest BCUT2D eigenvalue weighted by Crippen LogP contribution is 2.36. The van der Waals surface area contributed by atoms with E-state index in [2.05, 4.69) is 10.6 Å². The van der Waals surface area contributed by atoms with E-state index in [1.165, 1.54) is 31.3 Å². The third-order valence-electron chi connectivity index (χ3n) is 4.66. The molecule has 0 radical (unpaired) electrons. The molecule has 4 amide bonds. The molecule has 2 aliphatic rings. The zero-order valence-corrected chi connectivity index (χ0v) is 15.2. The molecule has 0 unspecified atom stereocenters. The predicted molar refractivity (Wildman–Crippen MR) is 99.5 cm³/mol. The monoisotopic (exact) mass is 385 g/mol. The Morgan fingerprint density at radius 2 is 1.93 bits per heavy atom. The minimum absolute atomic E-state index is 0.266. The van der Waals surface area contributed by atoms with Crippen LogP contribution in [0.4, 0.5) is 14.9 Å². The molecule has 0 fully saturated rings. The number of carbonyl (C=O) groups is 3. The second kappa shape index (κ2) is 6.70. The Kier molecular flexibility index (Phi) is 4.35. The van der Waals surface area contributed by atoms with Gasteiger partial charge in [-0.15, -0.1) is 11.8 Å². The summed E-state index contributed by atoms with van der Waals surface area (Å²) in [5, 5.41) is 5.54. The third-order valence-corrected chi connectivity index (χ3v) is 5.79. The first-order valence-electron chi connectivity index (χ1n) is 8.40. The Hall–Kier alpha value is -2.87. The quantitative estimate of drug-likeness (QED) is 0.777. The molecule has 2 N–H and O–H groups in total. The molecule has 0 bridgehead atoms. The van der Waals surface area contributed by atoms with E-state index in [1.807, 2.05) is 0 Å². The number of anilines is 1. The van der Waals surface area contributed by atoms with Crippen molar-refractivity contribution in [2.75, 3.05) is 18.1 Å². The van der Waals surface area contributed by atoms with Crippen LogP contribution in [0.2, 0.25) is 0 Å². The number of rotatable bonds is 2. The predicted octanol–water partition coefficient (Wildman–Crippen LogP) is 3.41. The average Bonchev–Trinajstić information content (AvgIpc) is 2.86. The van der Waals surface area contributed by atoms with Gasteiger partial charge in [0.25, 0.3) is 11.8 Å². The van der Waals surface area contributed by atoms with Crippen LogP contribution < -0.4 is 10.6 Å². The van der Waals surface area contributed by atoms with Crippen molar-refractivity contribution in [3.8, 4) is 0 Å². The van der Waals surface area contributed by atoms with Crippen LogP contribution in [-0.2, 0) is 0 Å². The number of benzene rings is 2. The number of carbonyl (C=O) groups excluding carboxylic acids is 3. The molecule has 2 aromatic rings. The van der Waals surface area contributed by atoms with E-state index in [1.54, 1.807) is 23.9 Å². The summed E-state index contributed by atoms with van der Waals surface area (Å²) >= 11 is 1.63. The summed E-state index contributed by atoms with van der Waals surface area (Å²) in [6.07, 6.45) is 0.691. The molecular formula is C19H16FN3O3S. The van der Waals surface area contributed by atoms with E-state index in [4.69, 9.17) is 0 Å². The summed E-state index contributed by atoms with van der Waals surface area (Å²) in [7, 11) is 1.42. The van der Waals surface area contributed by atoms with Crippen LogP contribution in [0.15, 0.2) is 41.3 Å². The normalized spacial score (nSPS) is 18.1. The zero-order chi connectivity index (χ0) is 19.1. The van der Waals surface area contributed by atoms with Crippen LogP contribution in [-0.4, -0.2) is 35.5 Å². The molecule has 0 saturated heterocycles. The van der Waals surface area contributed by atoms with Crippen LogP contribution >= 0.6 is 11.8 Å². The number of urea groups is 1. The highest BCUT2D eigenvalue weighted by atomic mass is 32.2. The molecule has 2 aliphatic heterocycles. The van der Waals surface area contributed by atoms with Gasteiger partial charge in [-0.3, -0.25) is 14.5 Å². The van der Waals surface area contributed by atoms with Gasteiger partial charge in [-0.25, -0.2) is 9.18 Å². The van der Waals surface area contributed by atoms with Gasteiger partial charge in [-0.1, -0.05) is 0 Å². The van der Waals surface area contributed by atoms with E-state index in [-0.39, 0.29) is 23.3 Å². The van der Waals surface area contributed by atoms with Gasteiger partial charge in [0, 0.05) is 23.4 Å². The van der Waals surface area contributed by atoms with Crippen LogP contribution in [0.5, 0.6) is 0 Å². The Morgan fingerprint density at radius 3 is 2.74 bits per heavy atom. The summed E-state index contributed by atoms with van der Waals surface area (Å²) in [5.41, 5.74) is 1.76. The number of halogens is 1. The Balaban J connectivity index is 1.50. The summed E-state index contributed by atoms with van der Waals surface area (Å²) < 4.78 is 13.6. The zero-order valence-electron chi connectivity index (χ0n) is 14.4. The standard InChI is InChI=1S/C19H16FN3O3S/c1-23-17(24)12-4-3-11(9-13(12)18(23)25)21-19(26)22-15-6-7-27-16-5-2-10(20)8-14(15)16/h2-5,8-9,15H,6-7H2,1H3,(H2,21,22,26)/t15-/m1/s1. The molecule has 2 aromatic carbocycles. The smallest absolute Gasteiger partial charge is 0.319 e. The number of hydrogen-bond donors (Lipinski definition) is 2. The van der Waals surface area contributed by atoms with Gasteiger partial charge in [0.1, 0.15) is 5.82 Å². The van der Waals surface area contributed by atoms with Gasteiger partial charge >= 0.3 is 6.03 Å². The number of nitrogens with one attached hydrogen (secondary N) is 2. The summed E-state index contributed by atoms with van der Waals surface area (Å²) in [5.74, 6) is -0.266. The minimum Gasteiger partial charge on any atom is -0.331 e. The molecule has 0 spiro atoms. The molecular weight excluding hydrogens is 369 g/mol. The molecule has 27 heavy (non-hydrogen) atoms. The third kappa shape index (κ3) is 3.16. The maximum absolute atomic E-state index is 13.6. The van der Waals surface area contributed by atoms with Gasteiger partial charge in [0.2, 0.25) is 0 Å². The summed E-state index contributed by atoms with van der Waals surface area (Å²) in [6, 6.07) is 8.43. The summed E-state index contributed by atoms with van der Waals surface area (Å²) in [6.45, 7) is 0. The largest absolute Gasteiger partial charge is 0.331 e. The molecule has 8 heteroatoms. The van der Waals surface area contributed by atoms with E-state index in [9.17, 15) is 18.8 Å². The number of nitrogens with zero attached hydrogens (tertiary/aromatic N) is 1. The molecule has 0 aliphatic carbocycles. The van der Waals surface area contributed by atoms with Crippen molar-refractivity contribution in [1.82, 2.24) is 10.2 Å². The highest BCUT2D eigenvalue weighted by molar-refractivity contribution is 7.99. The lowest BCUT2D eigenvalue weighted by Gasteiger charge is -2.26. The van der Waals surface area contributed by atoms with Gasteiger partial charge in [0.15, 0.2) is 0 Å². The number of thioether (sulfide) groups is 1. The second-order valence-corrected chi connectivity index (χ2v) is 7.54. The maximum atomic E-state index is 13.6.